The van der Waals surface area contributed by atoms with E-state index in [2.05, 4.69) is 14.4 Å². The predicted octanol–water partition coefficient (Wildman–Crippen LogP) is 3.86. The highest BCUT2D eigenvalue weighted by atomic mass is 32.2. The summed E-state index contributed by atoms with van der Waals surface area (Å²) in [5, 5.41) is 13.0. The van der Waals surface area contributed by atoms with E-state index in [0.717, 1.165) is 43.0 Å². The Kier molecular flexibility index (Phi) is 8.93. The van der Waals surface area contributed by atoms with Crippen LogP contribution in [0.15, 0.2) is 66.7 Å². The fraction of sp³-hybridized carbons (Fsp3) is 0.259. The largest absolute Gasteiger partial charge is 0.507 e. The summed E-state index contributed by atoms with van der Waals surface area (Å²) in [4.78, 5) is 28.1. The summed E-state index contributed by atoms with van der Waals surface area (Å²) in [5.74, 6) is 0.472. The number of anilines is 1. The van der Waals surface area contributed by atoms with Gasteiger partial charge in [-0.1, -0.05) is 36.4 Å². The van der Waals surface area contributed by atoms with Crippen LogP contribution in [0.3, 0.4) is 0 Å². The second kappa shape index (κ2) is 12.3. The highest BCUT2D eigenvalue weighted by Gasteiger charge is 2.22. The number of ether oxygens (including phenoxy) is 1. The van der Waals surface area contributed by atoms with Gasteiger partial charge in [0.1, 0.15) is 18.1 Å². The summed E-state index contributed by atoms with van der Waals surface area (Å²) in [5.41, 5.74) is 1.30. The second-order valence-electron chi connectivity index (χ2n) is 8.64. The summed E-state index contributed by atoms with van der Waals surface area (Å²) in [6.45, 7) is 3.19. The number of thioether (sulfide) groups is 1. The molecule has 38 heavy (non-hydrogen) atoms. The maximum absolute atomic E-state index is 13.2. The quantitative estimate of drug-likeness (QED) is 0.378. The van der Waals surface area contributed by atoms with Gasteiger partial charge in [-0.05, 0) is 41.5 Å². The van der Waals surface area contributed by atoms with Crippen LogP contribution >= 0.6 is 11.8 Å². The van der Waals surface area contributed by atoms with E-state index in [-0.39, 0.29) is 22.6 Å². The molecule has 0 unspecified atom stereocenters. The topological polar surface area (TPSA) is 122 Å². The van der Waals surface area contributed by atoms with E-state index < -0.39 is 22.0 Å². The van der Waals surface area contributed by atoms with E-state index in [4.69, 9.17) is 4.74 Å². The molecule has 1 aliphatic heterocycles. The number of nitrogens with one attached hydrogen (secondary N) is 1. The third-order valence-corrected chi connectivity index (χ3v) is 7.21. The first-order valence-corrected chi connectivity index (χ1v) is 14.9. The van der Waals surface area contributed by atoms with Gasteiger partial charge in [0.2, 0.25) is 0 Å². The fourth-order valence-electron chi connectivity index (χ4n) is 3.91. The van der Waals surface area contributed by atoms with Crippen LogP contribution in [0.1, 0.15) is 20.7 Å². The molecule has 1 aliphatic rings. The molecule has 1 fully saturated rings. The number of phenols is 1. The Hall–Kier alpha value is -3.54. The molecule has 0 bridgehead atoms. The normalized spacial score (nSPS) is 14.0. The van der Waals surface area contributed by atoms with E-state index in [9.17, 15) is 23.1 Å². The Morgan fingerprint density at radius 1 is 0.974 bits per heavy atom. The zero-order chi connectivity index (χ0) is 27.1. The third kappa shape index (κ3) is 7.50. The van der Waals surface area contributed by atoms with Crippen molar-refractivity contribution in [3.63, 3.8) is 0 Å². The number of benzene rings is 3. The molecule has 1 amide bonds. The second-order valence-corrected chi connectivity index (χ2v) is 11.4. The molecule has 2 N–H and O–H groups in total. The van der Waals surface area contributed by atoms with Gasteiger partial charge in [0.05, 0.1) is 23.1 Å². The SMILES string of the molecule is CS(=O)(=O)OC(=O)c1ccc(-c2ccccc2)cc1NC(=O)c1cc(OCCN2CCSCC2)ccc1O. The fourth-order valence-corrected chi connectivity index (χ4v) is 5.26. The van der Waals surface area contributed by atoms with Gasteiger partial charge >= 0.3 is 16.1 Å². The van der Waals surface area contributed by atoms with Crippen LogP contribution in [0, 0.1) is 0 Å². The smallest absolute Gasteiger partial charge is 0.355 e. The Morgan fingerprint density at radius 2 is 1.71 bits per heavy atom. The Labute approximate surface area is 225 Å². The predicted molar refractivity (Wildman–Crippen MR) is 147 cm³/mol. The molecule has 3 aromatic rings. The first-order chi connectivity index (χ1) is 18.2. The van der Waals surface area contributed by atoms with Crippen molar-refractivity contribution < 1.29 is 32.0 Å². The number of aromatic hydroxyl groups is 1. The maximum Gasteiger partial charge on any atom is 0.355 e. The summed E-state index contributed by atoms with van der Waals surface area (Å²) >= 11 is 1.93. The van der Waals surface area contributed by atoms with Crippen LogP contribution in [0.25, 0.3) is 11.1 Å². The lowest BCUT2D eigenvalue weighted by Gasteiger charge is -2.25. The van der Waals surface area contributed by atoms with Crippen molar-refractivity contribution in [2.75, 3.05) is 49.3 Å². The molecule has 0 atom stereocenters. The maximum atomic E-state index is 13.2. The number of rotatable bonds is 9. The third-order valence-electron chi connectivity index (χ3n) is 5.81. The number of carbonyl (C=O) groups is 2. The minimum absolute atomic E-state index is 0.0266. The molecule has 1 saturated heterocycles. The monoisotopic (exact) mass is 556 g/mol. The minimum Gasteiger partial charge on any atom is -0.507 e. The molecule has 9 nitrogen and oxygen atoms in total. The van der Waals surface area contributed by atoms with Gasteiger partial charge in [0, 0.05) is 31.1 Å². The molecular formula is C27H28N2O7S2. The van der Waals surface area contributed by atoms with Crippen molar-refractivity contribution in [3.8, 4) is 22.6 Å². The summed E-state index contributed by atoms with van der Waals surface area (Å²) in [6, 6.07) is 18.1. The number of amides is 1. The van der Waals surface area contributed by atoms with Crippen molar-refractivity contribution in [2.24, 2.45) is 0 Å². The Bertz CT molecular complexity index is 1410. The van der Waals surface area contributed by atoms with E-state index >= 15 is 0 Å². The number of phenolic OH excluding ortho intramolecular Hbond substituents is 1. The molecule has 0 radical (unpaired) electrons. The van der Waals surface area contributed by atoms with Crippen LogP contribution in [0.4, 0.5) is 5.69 Å². The first kappa shape index (κ1) is 27.5. The molecule has 0 spiro atoms. The van der Waals surface area contributed by atoms with Gasteiger partial charge in [0.15, 0.2) is 0 Å². The molecule has 3 aromatic carbocycles. The zero-order valence-electron chi connectivity index (χ0n) is 20.8. The number of nitrogens with zero attached hydrogens (tertiary/aromatic N) is 1. The van der Waals surface area contributed by atoms with Crippen LogP contribution in [-0.4, -0.2) is 74.3 Å². The molecular weight excluding hydrogens is 528 g/mol. The molecule has 4 rings (SSSR count). The average molecular weight is 557 g/mol. The van der Waals surface area contributed by atoms with E-state index in [1.54, 1.807) is 18.2 Å². The Balaban J connectivity index is 1.56. The van der Waals surface area contributed by atoms with Crippen LogP contribution < -0.4 is 10.1 Å². The van der Waals surface area contributed by atoms with Gasteiger partial charge in [0.25, 0.3) is 5.91 Å². The Morgan fingerprint density at radius 3 is 2.42 bits per heavy atom. The van der Waals surface area contributed by atoms with Gasteiger partial charge in [-0.2, -0.15) is 20.2 Å². The zero-order valence-corrected chi connectivity index (χ0v) is 22.4. The number of hydrogen-bond acceptors (Lipinski definition) is 9. The van der Waals surface area contributed by atoms with Crippen LogP contribution in [-0.2, 0) is 14.3 Å². The standard InChI is InChI=1S/C27H28N2O7S2/c1-38(33,34)36-27(32)22-9-7-20(19-5-3-2-4-6-19)17-24(22)28-26(31)23-18-21(8-10-25(23)30)35-14-11-29-12-15-37-16-13-29/h2-10,17-18,30H,11-16H2,1H3,(H,28,31). The van der Waals surface area contributed by atoms with Crippen molar-refractivity contribution >= 4 is 39.4 Å². The van der Waals surface area contributed by atoms with Gasteiger partial charge in [-0.25, -0.2) is 4.79 Å². The molecule has 0 aliphatic carbocycles. The van der Waals surface area contributed by atoms with Crippen molar-refractivity contribution in [3.05, 3.63) is 77.9 Å². The lowest BCUT2D eigenvalue weighted by molar-refractivity contribution is 0.0749. The van der Waals surface area contributed by atoms with E-state index in [1.807, 2.05) is 42.1 Å². The first-order valence-electron chi connectivity index (χ1n) is 11.9. The number of hydrogen-bond donors (Lipinski definition) is 2. The average Bonchev–Trinajstić information content (AvgIpc) is 2.89. The van der Waals surface area contributed by atoms with Gasteiger partial charge in [-0.3, -0.25) is 9.69 Å². The lowest BCUT2D eigenvalue weighted by atomic mass is 10.0. The van der Waals surface area contributed by atoms with Crippen molar-refractivity contribution in [2.45, 2.75) is 0 Å². The number of carbonyl (C=O) groups excluding carboxylic acids is 2. The minimum atomic E-state index is -4.08. The van der Waals surface area contributed by atoms with Crippen LogP contribution in [0.2, 0.25) is 0 Å². The highest BCUT2D eigenvalue weighted by Crippen LogP contribution is 2.29. The molecule has 0 aromatic heterocycles. The lowest BCUT2D eigenvalue weighted by Crippen LogP contribution is -2.35. The van der Waals surface area contributed by atoms with Crippen molar-refractivity contribution in [1.29, 1.82) is 0 Å². The molecule has 1 heterocycles. The summed E-state index contributed by atoms with van der Waals surface area (Å²) < 4.78 is 33.5. The highest BCUT2D eigenvalue weighted by molar-refractivity contribution is 7.99. The summed E-state index contributed by atoms with van der Waals surface area (Å²) in [7, 11) is -4.08. The molecule has 11 heteroatoms. The van der Waals surface area contributed by atoms with Gasteiger partial charge in [-0.15, -0.1) is 0 Å². The molecule has 200 valence electrons. The van der Waals surface area contributed by atoms with Gasteiger partial charge < -0.3 is 19.3 Å². The molecule has 0 saturated carbocycles. The van der Waals surface area contributed by atoms with Crippen molar-refractivity contribution in [1.82, 2.24) is 4.90 Å². The van der Waals surface area contributed by atoms with E-state index in [0.29, 0.717) is 17.9 Å². The summed E-state index contributed by atoms with van der Waals surface area (Å²) in [6.07, 6.45) is 0.759. The van der Waals surface area contributed by atoms with E-state index in [1.165, 1.54) is 18.2 Å². The van der Waals surface area contributed by atoms with Crippen LogP contribution in [0.5, 0.6) is 11.5 Å².